The van der Waals surface area contributed by atoms with Crippen molar-refractivity contribution in [1.29, 1.82) is 0 Å². The standard InChI is InChI=1S/C23H24N6O/c1-3-4-12-24-23(30)17-11-10-16(2)20(13-17)28-21-19-14-27-29(22(19)26-15-25-21)18-8-6-5-7-9-18/h5-11,13-15H,3-4,12H2,1-2H3,(H,24,30)(H,25,26,28). The van der Waals surface area contributed by atoms with Gasteiger partial charge in [0, 0.05) is 17.8 Å². The molecule has 0 saturated carbocycles. The quantitative estimate of drug-likeness (QED) is 0.449. The van der Waals surface area contributed by atoms with E-state index in [2.05, 4.69) is 32.6 Å². The average molecular weight is 400 g/mol. The highest BCUT2D eigenvalue weighted by molar-refractivity contribution is 5.96. The Morgan fingerprint density at radius 1 is 1.10 bits per heavy atom. The SMILES string of the molecule is CCCCNC(=O)c1ccc(C)c(Nc2ncnc3c2cnn3-c2ccccc2)c1. The number of rotatable bonds is 7. The van der Waals surface area contributed by atoms with Gasteiger partial charge in [0.2, 0.25) is 0 Å². The second-order valence-corrected chi connectivity index (χ2v) is 7.12. The third-order valence-corrected chi connectivity index (χ3v) is 4.94. The van der Waals surface area contributed by atoms with Gasteiger partial charge < -0.3 is 10.6 Å². The molecule has 0 spiro atoms. The predicted molar refractivity (Wildman–Crippen MR) is 118 cm³/mol. The van der Waals surface area contributed by atoms with Crippen molar-refractivity contribution >= 4 is 28.4 Å². The van der Waals surface area contributed by atoms with Crippen LogP contribution in [0.1, 0.15) is 35.7 Å². The average Bonchev–Trinajstić information content (AvgIpc) is 3.21. The van der Waals surface area contributed by atoms with Gasteiger partial charge in [0.25, 0.3) is 5.91 Å². The predicted octanol–water partition coefficient (Wildman–Crippen LogP) is 4.40. The van der Waals surface area contributed by atoms with Gasteiger partial charge in [0.15, 0.2) is 5.65 Å². The molecule has 4 aromatic rings. The molecule has 0 atom stereocenters. The largest absolute Gasteiger partial charge is 0.352 e. The van der Waals surface area contributed by atoms with Crippen LogP contribution in [0.15, 0.2) is 61.1 Å². The molecule has 4 rings (SSSR count). The van der Waals surface area contributed by atoms with Crippen LogP contribution in [0.5, 0.6) is 0 Å². The number of hydrogen-bond donors (Lipinski definition) is 2. The second-order valence-electron chi connectivity index (χ2n) is 7.12. The van der Waals surface area contributed by atoms with Crippen molar-refractivity contribution in [2.24, 2.45) is 0 Å². The molecule has 152 valence electrons. The smallest absolute Gasteiger partial charge is 0.251 e. The summed E-state index contributed by atoms with van der Waals surface area (Å²) in [6.07, 6.45) is 5.28. The molecular formula is C23H24N6O. The Bertz CT molecular complexity index is 1170. The van der Waals surface area contributed by atoms with Crippen LogP contribution in [0.25, 0.3) is 16.7 Å². The Labute approximate surface area is 175 Å². The summed E-state index contributed by atoms with van der Waals surface area (Å²) in [5, 5.41) is 11.6. The molecule has 0 unspecified atom stereocenters. The Hall–Kier alpha value is -3.74. The van der Waals surface area contributed by atoms with Crippen molar-refractivity contribution in [1.82, 2.24) is 25.1 Å². The topological polar surface area (TPSA) is 84.7 Å². The summed E-state index contributed by atoms with van der Waals surface area (Å²) in [6.45, 7) is 4.77. The fraction of sp³-hybridized carbons (Fsp3) is 0.217. The lowest BCUT2D eigenvalue weighted by Gasteiger charge is -2.12. The summed E-state index contributed by atoms with van der Waals surface area (Å²) < 4.78 is 1.78. The van der Waals surface area contributed by atoms with Crippen molar-refractivity contribution in [3.8, 4) is 5.69 Å². The summed E-state index contributed by atoms with van der Waals surface area (Å²) in [5.74, 6) is 0.574. The molecule has 7 heteroatoms. The minimum Gasteiger partial charge on any atom is -0.352 e. The highest BCUT2D eigenvalue weighted by Crippen LogP contribution is 2.26. The number of unbranched alkanes of at least 4 members (excludes halogenated alkanes) is 1. The van der Waals surface area contributed by atoms with E-state index in [4.69, 9.17) is 0 Å². The van der Waals surface area contributed by atoms with Gasteiger partial charge in [-0.25, -0.2) is 14.6 Å². The molecule has 0 aliphatic heterocycles. The third-order valence-electron chi connectivity index (χ3n) is 4.94. The Morgan fingerprint density at radius 3 is 2.73 bits per heavy atom. The van der Waals surface area contributed by atoms with Gasteiger partial charge in [-0.05, 0) is 43.2 Å². The molecule has 2 N–H and O–H groups in total. The first kappa shape index (κ1) is 19.6. The number of nitrogens with zero attached hydrogens (tertiary/aromatic N) is 4. The molecule has 7 nitrogen and oxygen atoms in total. The maximum Gasteiger partial charge on any atom is 0.251 e. The van der Waals surface area contributed by atoms with Crippen molar-refractivity contribution in [2.75, 3.05) is 11.9 Å². The lowest BCUT2D eigenvalue weighted by Crippen LogP contribution is -2.24. The van der Waals surface area contributed by atoms with Gasteiger partial charge in [-0.15, -0.1) is 0 Å². The number of aromatic nitrogens is 4. The van der Waals surface area contributed by atoms with Gasteiger partial charge in [0.05, 0.1) is 17.3 Å². The molecule has 0 radical (unpaired) electrons. The van der Waals surface area contributed by atoms with Gasteiger partial charge >= 0.3 is 0 Å². The molecule has 0 fully saturated rings. The van der Waals surface area contributed by atoms with Crippen molar-refractivity contribution < 1.29 is 4.79 Å². The molecule has 0 aliphatic carbocycles. The molecular weight excluding hydrogens is 376 g/mol. The number of fused-ring (bicyclic) bond motifs is 1. The lowest BCUT2D eigenvalue weighted by molar-refractivity contribution is 0.0953. The van der Waals surface area contributed by atoms with Crippen LogP contribution >= 0.6 is 0 Å². The van der Waals surface area contributed by atoms with Crippen molar-refractivity contribution in [2.45, 2.75) is 26.7 Å². The summed E-state index contributed by atoms with van der Waals surface area (Å²) in [4.78, 5) is 21.3. The third kappa shape index (κ3) is 4.00. The van der Waals surface area contributed by atoms with Crippen LogP contribution in [0.4, 0.5) is 11.5 Å². The summed E-state index contributed by atoms with van der Waals surface area (Å²) in [5.41, 5.74) is 4.10. The summed E-state index contributed by atoms with van der Waals surface area (Å²) in [6, 6.07) is 15.5. The van der Waals surface area contributed by atoms with Crippen LogP contribution in [-0.4, -0.2) is 32.2 Å². The first-order valence-corrected chi connectivity index (χ1v) is 10.1. The Kier molecular flexibility index (Phi) is 5.70. The minimum absolute atomic E-state index is 0.0729. The number of carbonyl (C=O) groups is 1. The molecule has 0 aliphatic rings. The highest BCUT2D eigenvalue weighted by Gasteiger charge is 2.13. The van der Waals surface area contributed by atoms with Crippen molar-refractivity contribution in [3.63, 3.8) is 0 Å². The maximum absolute atomic E-state index is 12.4. The van der Waals surface area contributed by atoms with E-state index in [0.29, 0.717) is 23.6 Å². The summed E-state index contributed by atoms with van der Waals surface area (Å²) in [7, 11) is 0. The normalized spacial score (nSPS) is 10.9. The number of hydrogen-bond acceptors (Lipinski definition) is 5. The van der Waals surface area contributed by atoms with Crippen LogP contribution in [0.2, 0.25) is 0 Å². The van der Waals surface area contributed by atoms with Gasteiger partial charge in [-0.2, -0.15) is 5.10 Å². The number of anilines is 2. The van der Waals surface area contributed by atoms with E-state index in [0.717, 1.165) is 35.2 Å². The monoisotopic (exact) mass is 400 g/mol. The molecule has 0 saturated heterocycles. The minimum atomic E-state index is -0.0729. The van der Waals surface area contributed by atoms with E-state index < -0.39 is 0 Å². The van der Waals surface area contributed by atoms with Gasteiger partial charge in [-0.1, -0.05) is 37.6 Å². The van der Waals surface area contributed by atoms with E-state index in [1.54, 1.807) is 10.9 Å². The highest BCUT2D eigenvalue weighted by atomic mass is 16.1. The zero-order valence-corrected chi connectivity index (χ0v) is 17.1. The van der Waals surface area contributed by atoms with Crippen LogP contribution < -0.4 is 10.6 Å². The van der Waals surface area contributed by atoms with Crippen LogP contribution in [-0.2, 0) is 0 Å². The fourth-order valence-electron chi connectivity index (χ4n) is 3.21. The number of carbonyl (C=O) groups excluding carboxylic acids is 1. The van der Waals surface area contributed by atoms with Crippen LogP contribution in [0.3, 0.4) is 0 Å². The number of amides is 1. The van der Waals surface area contributed by atoms with E-state index in [1.807, 2.05) is 55.5 Å². The zero-order chi connectivity index (χ0) is 20.9. The molecule has 0 bridgehead atoms. The van der Waals surface area contributed by atoms with Gasteiger partial charge in [0.1, 0.15) is 12.1 Å². The number of aryl methyl sites for hydroxylation is 1. The molecule has 2 heterocycles. The Morgan fingerprint density at radius 2 is 1.93 bits per heavy atom. The lowest BCUT2D eigenvalue weighted by atomic mass is 10.1. The number of para-hydroxylation sites is 1. The number of nitrogens with one attached hydrogen (secondary N) is 2. The molecule has 1 amide bonds. The van der Waals surface area contributed by atoms with Crippen molar-refractivity contribution in [3.05, 3.63) is 72.2 Å². The Balaban J connectivity index is 1.64. The number of benzene rings is 2. The van der Waals surface area contributed by atoms with E-state index in [-0.39, 0.29) is 5.91 Å². The maximum atomic E-state index is 12.4. The van der Waals surface area contributed by atoms with E-state index in [9.17, 15) is 4.79 Å². The first-order chi connectivity index (χ1) is 14.7. The van der Waals surface area contributed by atoms with E-state index in [1.165, 1.54) is 6.33 Å². The van der Waals surface area contributed by atoms with E-state index >= 15 is 0 Å². The van der Waals surface area contributed by atoms with Gasteiger partial charge in [-0.3, -0.25) is 4.79 Å². The first-order valence-electron chi connectivity index (χ1n) is 10.1. The molecule has 2 aromatic carbocycles. The zero-order valence-electron chi connectivity index (χ0n) is 17.1. The molecule has 30 heavy (non-hydrogen) atoms. The van der Waals surface area contributed by atoms with Crippen LogP contribution in [0, 0.1) is 6.92 Å². The summed E-state index contributed by atoms with van der Waals surface area (Å²) >= 11 is 0. The second kappa shape index (κ2) is 8.73. The molecule has 2 aromatic heterocycles. The fourth-order valence-corrected chi connectivity index (χ4v) is 3.21.